The lowest BCUT2D eigenvalue weighted by atomic mass is 10.2. The van der Waals surface area contributed by atoms with Gasteiger partial charge in [-0.25, -0.2) is 4.42 Å². The molecule has 1 atom stereocenters. The van der Waals surface area contributed by atoms with Crippen molar-refractivity contribution >= 4 is 11.8 Å². The molecule has 2 aliphatic rings. The third-order valence-corrected chi connectivity index (χ3v) is 3.42. The SMILES string of the molecule is ClN1CCC[C@H]1CN1CCCC1. The van der Waals surface area contributed by atoms with Crippen molar-refractivity contribution < 1.29 is 0 Å². The normalized spacial score (nSPS) is 33.2. The van der Waals surface area contributed by atoms with E-state index in [9.17, 15) is 0 Å². The third-order valence-electron chi connectivity index (χ3n) is 2.97. The molecule has 0 aromatic carbocycles. The summed E-state index contributed by atoms with van der Waals surface area (Å²) >= 11 is 6.06. The van der Waals surface area contributed by atoms with E-state index in [4.69, 9.17) is 11.8 Å². The van der Waals surface area contributed by atoms with Crippen LogP contribution in [-0.2, 0) is 0 Å². The molecule has 0 aliphatic carbocycles. The van der Waals surface area contributed by atoms with Gasteiger partial charge in [-0.2, -0.15) is 0 Å². The smallest absolute Gasteiger partial charge is 0.0379 e. The first-order valence-electron chi connectivity index (χ1n) is 5.01. The summed E-state index contributed by atoms with van der Waals surface area (Å²) in [7, 11) is 0. The minimum atomic E-state index is 0.629. The Kier molecular flexibility index (Phi) is 2.89. The molecule has 2 aliphatic heterocycles. The van der Waals surface area contributed by atoms with Crippen LogP contribution in [0.15, 0.2) is 0 Å². The Morgan fingerprint density at radius 3 is 2.42 bits per heavy atom. The Morgan fingerprint density at radius 1 is 1.08 bits per heavy atom. The van der Waals surface area contributed by atoms with Gasteiger partial charge in [-0.05, 0) is 50.5 Å². The van der Waals surface area contributed by atoms with E-state index in [1.807, 2.05) is 4.42 Å². The summed E-state index contributed by atoms with van der Waals surface area (Å²) in [5.41, 5.74) is 0. The molecule has 0 amide bonds. The highest BCUT2D eigenvalue weighted by Gasteiger charge is 2.25. The van der Waals surface area contributed by atoms with Gasteiger partial charge in [0.05, 0.1) is 0 Å². The number of halogens is 1. The van der Waals surface area contributed by atoms with Crippen molar-refractivity contribution in [1.29, 1.82) is 0 Å². The van der Waals surface area contributed by atoms with E-state index >= 15 is 0 Å². The van der Waals surface area contributed by atoms with Gasteiger partial charge in [0.2, 0.25) is 0 Å². The summed E-state index contributed by atoms with van der Waals surface area (Å²) in [6, 6.07) is 0.629. The van der Waals surface area contributed by atoms with Gasteiger partial charge in [0.1, 0.15) is 0 Å². The van der Waals surface area contributed by atoms with E-state index in [0.717, 1.165) is 6.54 Å². The van der Waals surface area contributed by atoms with Gasteiger partial charge in [0.15, 0.2) is 0 Å². The van der Waals surface area contributed by atoms with Crippen LogP contribution < -0.4 is 0 Å². The number of rotatable bonds is 2. The molecule has 2 nitrogen and oxygen atoms in total. The van der Waals surface area contributed by atoms with E-state index in [1.165, 1.54) is 45.3 Å². The molecule has 0 saturated carbocycles. The molecule has 0 N–H and O–H groups in total. The van der Waals surface area contributed by atoms with Gasteiger partial charge in [0, 0.05) is 19.1 Å². The van der Waals surface area contributed by atoms with Crippen molar-refractivity contribution in [1.82, 2.24) is 9.32 Å². The average molecular weight is 189 g/mol. The zero-order chi connectivity index (χ0) is 8.39. The fourth-order valence-electron chi connectivity index (χ4n) is 2.24. The molecule has 0 aromatic rings. The maximum absolute atomic E-state index is 6.06. The minimum Gasteiger partial charge on any atom is -0.302 e. The molecule has 70 valence electrons. The van der Waals surface area contributed by atoms with Gasteiger partial charge < -0.3 is 4.90 Å². The lowest BCUT2D eigenvalue weighted by molar-refractivity contribution is 0.262. The van der Waals surface area contributed by atoms with E-state index in [0.29, 0.717) is 6.04 Å². The Hall–Kier alpha value is 0.210. The highest BCUT2D eigenvalue weighted by molar-refractivity contribution is 6.13. The molecular formula is C9H17ClN2. The molecule has 2 heterocycles. The molecular weight excluding hydrogens is 172 g/mol. The third kappa shape index (κ3) is 1.93. The fraction of sp³-hybridized carbons (Fsp3) is 1.00. The second kappa shape index (κ2) is 3.95. The van der Waals surface area contributed by atoms with Crippen LogP contribution in [0.2, 0.25) is 0 Å². The zero-order valence-corrected chi connectivity index (χ0v) is 8.26. The molecule has 2 rings (SSSR count). The summed E-state index contributed by atoms with van der Waals surface area (Å²) in [5.74, 6) is 0. The second-order valence-corrected chi connectivity index (χ2v) is 4.36. The van der Waals surface area contributed by atoms with Crippen LogP contribution in [0, 0.1) is 0 Å². The Labute approximate surface area is 79.6 Å². The molecule has 0 spiro atoms. The van der Waals surface area contributed by atoms with Crippen molar-refractivity contribution in [2.75, 3.05) is 26.2 Å². The number of hydrogen-bond acceptors (Lipinski definition) is 2. The van der Waals surface area contributed by atoms with Gasteiger partial charge in [-0.3, -0.25) is 0 Å². The number of likely N-dealkylation sites (tertiary alicyclic amines) is 1. The minimum absolute atomic E-state index is 0.629. The maximum atomic E-state index is 6.06. The summed E-state index contributed by atoms with van der Waals surface area (Å²) in [4.78, 5) is 2.55. The van der Waals surface area contributed by atoms with Crippen molar-refractivity contribution in [3.8, 4) is 0 Å². The largest absolute Gasteiger partial charge is 0.302 e. The highest BCUT2D eigenvalue weighted by Crippen LogP contribution is 2.21. The summed E-state index contributed by atoms with van der Waals surface area (Å²) in [5, 5.41) is 0. The predicted molar refractivity (Wildman–Crippen MR) is 51.3 cm³/mol. The topological polar surface area (TPSA) is 6.48 Å². The Balaban J connectivity index is 1.77. The fourth-order valence-corrected chi connectivity index (χ4v) is 2.52. The van der Waals surface area contributed by atoms with E-state index in [1.54, 1.807) is 0 Å². The van der Waals surface area contributed by atoms with Crippen molar-refractivity contribution in [3.05, 3.63) is 0 Å². The monoisotopic (exact) mass is 188 g/mol. The molecule has 2 saturated heterocycles. The first kappa shape index (κ1) is 8.79. The van der Waals surface area contributed by atoms with Gasteiger partial charge in [-0.15, -0.1) is 0 Å². The van der Waals surface area contributed by atoms with Crippen LogP contribution in [0.25, 0.3) is 0 Å². The quantitative estimate of drug-likeness (QED) is 0.609. The standard InChI is InChI=1S/C9H17ClN2/c10-12-7-3-4-9(12)8-11-5-1-2-6-11/h9H,1-8H2/t9-/m0/s1. The summed E-state index contributed by atoms with van der Waals surface area (Å²) in [6.45, 7) is 4.87. The maximum Gasteiger partial charge on any atom is 0.0379 e. The highest BCUT2D eigenvalue weighted by atomic mass is 35.5. The zero-order valence-electron chi connectivity index (χ0n) is 7.51. The van der Waals surface area contributed by atoms with Crippen LogP contribution in [0.3, 0.4) is 0 Å². The molecule has 0 aromatic heterocycles. The Morgan fingerprint density at radius 2 is 1.83 bits per heavy atom. The first-order chi connectivity index (χ1) is 5.86. The summed E-state index contributed by atoms with van der Waals surface area (Å²) in [6.07, 6.45) is 5.34. The Bertz CT molecular complexity index is 145. The lowest BCUT2D eigenvalue weighted by Crippen LogP contribution is -2.34. The summed E-state index contributed by atoms with van der Waals surface area (Å²) < 4.78 is 2.00. The number of nitrogens with zero attached hydrogens (tertiary/aromatic N) is 2. The van der Waals surface area contributed by atoms with Gasteiger partial charge in [-0.1, -0.05) is 0 Å². The lowest BCUT2D eigenvalue weighted by Gasteiger charge is -2.23. The van der Waals surface area contributed by atoms with Crippen LogP contribution in [0.1, 0.15) is 25.7 Å². The van der Waals surface area contributed by atoms with Crippen LogP contribution in [0.5, 0.6) is 0 Å². The molecule has 2 fully saturated rings. The predicted octanol–water partition coefficient (Wildman–Crippen LogP) is 1.70. The molecule has 0 radical (unpaired) electrons. The van der Waals surface area contributed by atoms with E-state index < -0.39 is 0 Å². The van der Waals surface area contributed by atoms with Gasteiger partial charge in [0.25, 0.3) is 0 Å². The van der Waals surface area contributed by atoms with Gasteiger partial charge >= 0.3 is 0 Å². The molecule has 0 bridgehead atoms. The van der Waals surface area contributed by atoms with E-state index in [2.05, 4.69) is 4.90 Å². The van der Waals surface area contributed by atoms with Crippen molar-refractivity contribution in [3.63, 3.8) is 0 Å². The first-order valence-corrected chi connectivity index (χ1v) is 5.35. The molecule has 0 unspecified atom stereocenters. The van der Waals surface area contributed by atoms with Crippen molar-refractivity contribution in [2.45, 2.75) is 31.7 Å². The molecule has 12 heavy (non-hydrogen) atoms. The van der Waals surface area contributed by atoms with Crippen LogP contribution in [0.4, 0.5) is 0 Å². The van der Waals surface area contributed by atoms with Crippen LogP contribution >= 0.6 is 11.8 Å². The van der Waals surface area contributed by atoms with Crippen LogP contribution in [-0.4, -0.2) is 41.5 Å². The molecule has 3 heteroatoms. The second-order valence-electron chi connectivity index (χ2n) is 3.93. The average Bonchev–Trinajstić information content (AvgIpc) is 2.65. The number of hydrogen-bond donors (Lipinski definition) is 0. The van der Waals surface area contributed by atoms with Crippen molar-refractivity contribution in [2.24, 2.45) is 0 Å². The van der Waals surface area contributed by atoms with E-state index in [-0.39, 0.29) is 0 Å².